The van der Waals surface area contributed by atoms with Gasteiger partial charge in [0.05, 0.1) is 0 Å². The molecule has 4 heteroatoms. The highest BCUT2D eigenvalue weighted by Gasteiger charge is 2.14. The summed E-state index contributed by atoms with van der Waals surface area (Å²) in [5.41, 5.74) is 2.70. The smallest absolute Gasteiger partial charge is 0.181 e. The zero-order valence-corrected chi connectivity index (χ0v) is 13.5. The molecule has 1 atom stereocenters. The van der Waals surface area contributed by atoms with Gasteiger partial charge < -0.3 is 9.15 Å². The number of ether oxygens (including phenoxy) is 1. The van der Waals surface area contributed by atoms with E-state index in [9.17, 15) is 4.79 Å². The topological polar surface area (TPSA) is 52.3 Å². The van der Waals surface area contributed by atoms with Gasteiger partial charge >= 0.3 is 0 Å². The van der Waals surface area contributed by atoms with Crippen molar-refractivity contribution < 1.29 is 13.9 Å². The molecule has 4 nitrogen and oxygen atoms in total. The molecule has 0 radical (unpaired) electrons. The van der Waals surface area contributed by atoms with Gasteiger partial charge in [-0.2, -0.15) is 0 Å². The van der Waals surface area contributed by atoms with Crippen molar-refractivity contribution in [2.45, 2.75) is 25.9 Å². The molecule has 0 saturated carbocycles. The van der Waals surface area contributed by atoms with Gasteiger partial charge in [-0.1, -0.05) is 37.3 Å². The predicted molar refractivity (Wildman–Crippen MR) is 91.2 cm³/mol. The van der Waals surface area contributed by atoms with Crippen LogP contribution in [0, 0.1) is 0 Å². The maximum absolute atomic E-state index is 10.7. The van der Waals surface area contributed by atoms with Crippen LogP contribution in [0.25, 0.3) is 0 Å². The quantitative estimate of drug-likeness (QED) is 0.605. The van der Waals surface area contributed by atoms with Crippen molar-refractivity contribution in [2.75, 3.05) is 0 Å². The largest absolute Gasteiger partial charge is 0.487 e. The highest BCUT2D eigenvalue weighted by Crippen LogP contribution is 2.23. The molecule has 0 aliphatic carbocycles. The Hall–Kier alpha value is -2.88. The SMILES string of the molecule is CC(Cc1ocnc1COc1ccc(C=O)cc1)c1ccccc1. The van der Waals surface area contributed by atoms with Crippen LogP contribution in [0.3, 0.4) is 0 Å². The number of benzene rings is 2. The first-order chi connectivity index (χ1) is 11.8. The van der Waals surface area contributed by atoms with E-state index >= 15 is 0 Å². The van der Waals surface area contributed by atoms with Crippen LogP contribution in [0.15, 0.2) is 65.4 Å². The Morgan fingerprint density at radius 1 is 1.12 bits per heavy atom. The Kier molecular flexibility index (Phi) is 5.06. The summed E-state index contributed by atoms with van der Waals surface area (Å²) in [4.78, 5) is 14.9. The van der Waals surface area contributed by atoms with Gasteiger partial charge in [-0.15, -0.1) is 0 Å². The van der Waals surface area contributed by atoms with Crippen molar-refractivity contribution in [3.05, 3.63) is 83.6 Å². The zero-order valence-electron chi connectivity index (χ0n) is 13.5. The van der Waals surface area contributed by atoms with Gasteiger partial charge in [0, 0.05) is 12.0 Å². The minimum Gasteiger partial charge on any atom is -0.487 e. The molecule has 0 aliphatic heterocycles. The van der Waals surface area contributed by atoms with Crippen LogP contribution in [0.5, 0.6) is 5.75 Å². The van der Waals surface area contributed by atoms with E-state index in [1.807, 2.05) is 18.2 Å². The molecule has 0 bridgehead atoms. The average Bonchev–Trinajstić information content (AvgIpc) is 3.08. The second-order valence-electron chi connectivity index (χ2n) is 5.71. The number of aromatic nitrogens is 1. The average molecular weight is 321 g/mol. The first-order valence-corrected chi connectivity index (χ1v) is 7.90. The van der Waals surface area contributed by atoms with Gasteiger partial charge in [0.15, 0.2) is 6.39 Å². The minimum atomic E-state index is 0.338. The van der Waals surface area contributed by atoms with Crippen molar-refractivity contribution in [2.24, 2.45) is 0 Å². The number of carbonyl (C=O) groups excluding carboxylic acids is 1. The summed E-state index contributed by atoms with van der Waals surface area (Å²) >= 11 is 0. The van der Waals surface area contributed by atoms with Crippen molar-refractivity contribution in [3.63, 3.8) is 0 Å². The molecule has 3 rings (SSSR count). The number of rotatable bonds is 7. The number of hydrogen-bond donors (Lipinski definition) is 0. The first kappa shape index (κ1) is 16.0. The van der Waals surface area contributed by atoms with Crippen LogP contribution in [-0.4, -0.2) is 11.3 Å². The Balaban J connectivity index is 1.63. The normalized spacial score (nSPS) is 11.9. The fraction of sp³-hybridized carbons (Fsp3) is 0.200. The number of carbonyl (C=O) groups is 1. The molecule has 1 aromatic heterocycles. The summed E-state index contributed by atoms with van der Waals surface area (Å²) in [5.74, 6) is 1.88. The van der Waals surface area contributed by atoms with E-state index in [-0.39, 0.29) is 0 Å². The summed E-state index contributed by atoms with van der Waals surface area (Å²) in [6, 6.07) is 17.3. The van der Waals surface area contributed by atoms with E-state index in [0.29, 0.717) is 23.8 Å². The number of oxazole rings is 1. The lowest BCUT2D eigenvalue weighted by molar-refractivity contribution is 0.112. The maximum Gasteiger partial charge on any atom is 0.181 e. The Bertz CT molecular complexity index is 778. The third-order valence-electron chi connectivity index (χ3n) is 3.98. The van der Waals surface area contributed by atoms with Crippen LogP contribution in [0.2, 0.25) is 0 Å². The van der Waals surface area contributed by atoms with Gasteiger partial charge in [-0.05, 0) is 35.7 Å². The van der Waals surface area contributed by atoms with Crippen molar-refractivity contribution in [3.8, 4) is 5.75 Å². The van der Waals surface area contributed by atoms with E-state index in [1.165, 1.54) is 12.0 Å². The highest BCUT2D eigenvalue weighted by molar-refractivity contribution is 5.74. The van der Waals surface area contributed by atoms with Gasteiger partial charge in [-0.25, -0.2) is 4.98 Å². The molecular weight excluding hydrogens is 302 g/mol. The van der Waals surface area contributed by atoms with Crippen molar-refractivity contribution in [1.29, 1.82) is 0 Å². The molecule has 0 aliphatic rings. The van der Waals surface area contributed by atoms with Crippen LogP contribution < -0.4 is 4.74 Å². The van der Waals surface area contributed by atoms with E-state index in [1.54, 1.807) is 24.3 Å². The molecule has 1 heterocycles. The fourth-order valence-electron chi connectivity index (χ4n) is 2.55. The zero-order chi connectivity index (χ0) is 16.8. The molecule has 3 aromatic rings. The lowest BCUT2D eigenvalue weighted by Gasteiger charge is -2.11. The third-order valence-corrected chi connectivity index (χ3v) is 3.98. The second kappa shape index (κ2) is 7.59. The molecule has 2 aromatic carbocycles. The molecule has 0 amide bonds. The fourth-order valence-corrected chi connectivity index (χ4v) is 2.55. The van der Waals surface area contributed by atoms with Crippen LogP contribution in [-0.2, 0) is 13.0 Å². The first-order valence-electron chi connectivity index (χ1n) is 7.90. The number of nitrogens with zero attached hydrogens (tertiary/aromatic N) is 1. The second-order valence-corrected chi connectivity index (χ2v) is 5.71. The van der Waals surface area contributed by atoms with Crippen molar-refractivity contribution >= 4 is 6.29 Å². The third kappa shape index (κ3) is 3.90. The Labute approximate surface area is 141 Å². The van der Waals surface area contributed by atoms with Crippen LogP contribution in [0.1, 0.15) is 40.2 Å². The predicted octanol–water partition coefficient (Wildman–Crippen LogP) is 4.41. The maximum atomic E-state index is 10.7. The monoisotopic (exact) mass is 321 g/mol. The molecule has 24 heavy (non-hydrogen) atoms. The van der Waals surface area contributed by atoms with Crippen LogP contribution in [0.4, 0.5) is 0 Å². The summed E-state index contributed by atoms with van der Waals surface area (Å²) in [6.07, 6.45) is 3.04. The van der Waals surface area contributed by atoms with Crippen molar-refractivity contribution in [1.82, 2.24) is 4.98 Å². The summed E-state index contributed by atoms with van der Waals surface area (Å²) in [6.45, 7) is 2.51. The standard InChI is InChI=1S/C20H19NO3/c1-15(17-5-3-2-4-6-17)11-20-19(21-14-24-20)13-23-18-9-7-16(12-22)8-10-18/h2-10,12,14-15H,11,13H2,1H3. The van der Waals surface area contributed by atoms with E-state index in [0.717, 1.165) is 24.2 Å². The van der Waals surface area contributed by atoms with E-state index in [2.05, 4.69) is 24.0 Å². The highest BCUT2D eigenvalue weighted by atomic mass is 16.5. The van der Waals surface area contributed by atoms with Gasteiger partial charge in [0.1, 0.15) is 30.1 Å². The summed E-state index contributed by atoms with van der Waals surface area (Å²) in [5, 5.41) is 0. The Morgan fingerprint density at radius 3 is 2.58 bits per heavy atom. The number of aldehydes is 1. The molecule has 0 saturated heterocycles. The van der Waals surface area contributed by atoms with Gasteiger partial charge in [0.2, 0.25) is 0 Å². The number of hydrogen-bond acceptors (Lipinski definition) is 4. The van der Waals surface area contributed by atoms with E-state index < -0.39 is 0 Å². The molecule has 0 fully saturated rings. The van der Waals surface area contributed by atoms with Crippen LogP contribution >= 0.6 is 0 Å². The molecule has 0 spiro atoms. The van der Waals surface area contributed by atoms with E-state index in [4.69, 9.17) is 9.15 Å². The molecular formula is C20H19NO3. The lowest BCUT2D eigenvalue weighted by Crippen LogP contribution is -2.03. The van der Waals surface area contributed by atoms with Gasteiger partial charge in [-0.3, -0.25) is 4.79 Å². The molecule has 0 N–H and O–H groups in total. The molecule has 122 valence electrons. The minimum absolute atomic E-state index is 0.338. The summed E-state index contributed by atoms with van der Waals surface area (Å²) in [7, 11) is 0. The Morgan fingerprint density at radius 2 is 1.88 bits per heavy atom. The molecule has 1 unspecified atom stereocenters. The summed E-state index contributed by atoms with van der Waals surface area (Å²) < 4.78 is 11.3. The lowest BCUT2D eigenvalue weighted by atomic mass is 9.96. The van der Waals surface area contributed by atoms with Gasteiger partial charge in [0.25, 0.3) is 0 Å².